The summed E-state index contributed by atoms with van der Waals surface area (Å²) < 4.78 is 32.0. The number of nitrogens with one attached hydrogen (secondary N) is 1. The molecule has 6 nitrogen and oxygen atoms in total. The van der Waals surface area contributed by atoms with Gasteiger partial charge in [0.05, 0.1) is 10.5 Å². The molecule has 0 radical (unpaired) electrons. The van der Waals surface area contributed by atoms with Gasteiger partial charge in [-0.2, -0.15) is 0 Å². The SMILES string of the molecule is CC(=O)c1ccc(OC(=O)c2ccc(S(=O)(=O)NC3CC3)cc2)cc1. The molecule has 7 heteroatoms. The molecule has 1 N–H and O–H groups in total. The second-order valence-electron chi connectivity index (χ2n) is 5.89. The van der Waals surface area contributed by atoms with Gasteiger partial charge in [0.15, 0.2) is 5.78 Å². The maximum absolute atomic E-state index is 12.1. The van der Waals surface area contributed by atoms with Crippen molar-refractivity contribution in [3.05, 3.63) is 59.7 Å². The van der Waals surface area contributed by atoms with E-state index in [0.717, 1.165) is 12.8 Å². The Labute approximate surface area is 145 Å². The maximum Gasteiger partial charge on any atom is 0.343 e. The second-order valence-corrected chi connectivity index (χ2v) is 7.60. The van der Waals surface area contributed by atoms with Crippen LogP contribution in [0.1, 0.15) is 40.5 Å². The van der Waals surface area contributed by atoms with E-state index in [4.69, 9.17) is 4.74 Å². The number of hydrogen-bond donors (Lipinski definition) is 1. The van der Waals surface area contributed by atoms with Crippen LogP contribution in [0.15, 0.2) is 53.4 Å². The number of ketones is 1. The third-order valence-corrected chi connectivity index (χ3v) is 5.31. The van der Waals surface area contributed by atoms with Crippen LogP contribution in [0, 0.1) is 0 Å². The van der Waals surface area contributed by atoms with E-state index in [1.54, 1.807) is 12.1 Å². The van der Waals surface area contributed by atoms with Gasteiger partial charge in [-0.25, -0.2) is 17.9 Å². The monoisotopic (exact) mass is 359 g/mol. The molecule has 25 heavy (non-hydrogen) atoms. The molecule has 0 bridgehead atoms. The topological polar surface area (TPSA) is 89.5 Å². The Kier molecular flexibility index (Phi) is 4.69. The average molecular weight is 359 g/mol. The number of sulfonamides is 1. The number of esters is 1. The minimum Gasteiger partial charge on any atom is -0.423 e. The number of carbonyl (C=O) groups is 2. The van der Waals surface area contributed by atoms with Gasteiger partial charge in [0.2, 0.25) is 10.0 Å². The third-order valence-electron chi connectivity index (χ3n) is 3.77. The molecule has 0 aromatic heterocycles. The smallest absolute Gasteiger partial charge is 0.343 e. The lowest BCUT2D eigenvalue weighted by molar-refractivity contribution is 0.0734. The van der Waals surface area contributed by atoms with Crippen LogP contribution in [0.2, 0.25) is 0 Å². The normalized spacial score (nSPS) is 14.1. The zero-order valence-electron chi connectivity index (χ0n) is 13.6. The molecule has 1 saturated carbocycles. The molecule has 1 aliphatic rings. The summed E-state index contributed by atoms with van der Waals surface area (Å²) in [4.78, 5) is 23.5. The molecule has 0 spiro atoms. The summed E-state index contributed by atoms with van der Waals surface area (Å²) in [5.74, 6) is -0.369. The van der Waals surface area contributed by atoms with Crippen molar-refractivity contribution in [1.29, 1.82) is 0 Å². The molecule has 0 amide bonds. The molecule has 1 aliphatic carbocycles. The Morgan fingerprint density at radius 2 is 1.52 bits per heavy atom. The highest BCUT2D eigenvalue weighted by Crippen LogP contribution is 2.22. The van der Waals surface area contributed by atoms with Crippen molar-refractivity contribution >= 4 is 21.8 Å². The molecule has 0 atom stereocenters. The van der Waals surface area contributed by atoms with E-state index >= 15 is 0 Å². The standard InChI is InChI=1S/C18H17NO5S/c1-12(20)13-2-8-16(9-3-13)24-18(21)14-4-10-17(11-5-14)25(22,23)19-15-6-7-15/h2-5,8-11,15,19H,6-7H2,1H3. The van der Waals surface area contributed by atoms with Crippen LogP contribution in [-0.4, -0.2) is 26.2 Å². The van der Waals surface area contributed by atoms with E-state index in [1.807, 2.05) is 0 Å². The molecule has 0 saturated heterocycles. The van der Waals surface area contributed by atoms with Crippen LogP contribution >= 0.6 is 0 Å². The number of benzene rings is 2. The highest BCUT2D eigenvalue weighted by atomic mass is 32.2. The van der Waals surface area contributed by atoms with Crippen LogP contribution < -0.4 is 9.46 Å². The van der Waals surface area contributed by atoms with Gasteiger partial charge in [-0.15, -0.1) is 0 Å². The molecule has 2 aromatic carbocycles. The van der Waals surface area contributed by atoms with Crippen LogP contribution in [0.25, 0.3) is 0 Å². The average Bonchev–Trinajstić information content (AvgIpc) is 3.38. The Morgan fingerprint density at radius 1 is 0.960 bits per heavy atom. The summed E-state index contributed by atoms with van der Waals surface area (Å²) in [5, 5.41) is 0. The Balaban J connectivity index is 1.69. The van der Waals surface area contributed by atoms with Gasteiger partial charge >= 0.3 is 5.97 Å². The quantitative estimate of drug-likeness (QED) is 0.486. The lowest BCUT2D eigenvalue weighted by Gasteiger charge is -2.07. The maximum atomic E-state index is 12.1. The molecule has 0 heterocycles. The van der Waals surface area contributed by atoms with Gasteiger partial charge in [-0.1, -0.05) is 0 Å². The third kappa shape index (κ3) is 4.32. The van der Waals surface area contributed by atoms with E-state index in [0.29, 0.717) is 11.3 Å². The van der Waals surface area contributed by atoms with Crippen molar-refractivity contribution in [2.75, 3.05) is 0 Å². The molecular weight excluding hydrogens is 342 g/mol. The predicted octanol–water partition coefficient (Wildman–Crippen LogP) is 2.55. The summed E-state index contributed by atoms with van der Waals surface area (Å²) in [6.07, 6.45) is 1.71. The number of rotatable bonds is 6. The van der Waals surface area contributed by atoms with Crippen molar-refractivity contribution in [1.82, 2.24) is 4.72 Å². The van der Waals surface area contributed by atoms with E-state index in [9.17, 15) is 18.0 Å². The fourth-order valence-electron chi connectivity index (χ4n) is 2.18. The molecular formula is C18H17NO5S. The molecule has 3 rings (SSSR count). The lowest BCUT2D eigenvalue weighted by atomic mass is 10.1. The fourth-order valence-corrected chi connectivity index (χ4v) is 3.49. The van der Waals surface area contributed by atoms with Crippen LogP contribution in [0.5, 0.6) is 5.75 Å². The van der Waals surface area contributed by atoms with Crippen LogP contribution in [0.3, 0.4) is 0 Å². The van der Waals surface area contributed by atoms with E-state index < -0.39 is 16.0 Å². The minimum atomic E-state index is -3.55. The zero-order chi connectivity index (χ0) is 18.0. The van der Waals surface area contributed by atoms with Crippen molar-refractivity contribution < 1.29 is 22.7 Å². The number of Topliss-reactive ketones (excluding diaryl/α,β-unsaturated/α-hetero) is 1. The van der Waals surface area contributed by atoms with Gasteiger partial charge in [0.25, 0.3) is 0 Å². The molecule has 1 fully saturated rings. The van der Waals surface area contributed by atoms with Gasteiger partial charge in [0.1, 0.15) is 5.75 Å². The largest absolute Gasteiger partial charge is 0.423 e. The first kappa shape index (κ1) is 17.3. The van der Waals surface area contributed by atoms with Crippen molar-refractivity contribution in [3.8, 4) is 5.75 Å². The van der Waals surface area contributed by atoms with Gasteiger partial charge in [-0.05, 0) is 68.3 Å². The number of carbonyl (C=O) groups excluding carboxylic acids is 2. The summed E-state index contributed by atoms with van der Waals surface area (Å²) in [5.41, 5.74) is 0.763. The number of ether oxygens (including phenoxy) is 1. The minimum absolute atomic E-state index is 0.0209. The van der Waals surface area contributed by atoms with Gasteiger partial charge in [-0.3, -0.25) is 4.79 Å². The summed E-state index contributed by atoms with van der Waals surface area (Å²) in [7, 11) is -3.55. The molecule has 0 unspecified atom stereocenters. The zero-order valence-corrected chi connectivity index (χ0v) is 14.4. The van der Waals surface area contributed by atoms with Crippen molar-refractivity contribution in [2.45, 2.75) is 30.7 Å². The molecule has 0 aliphatic heterocycles. The second kappa shape index (κ2) is 6.78. The molecule has 2 aromatic rings. The van der Waals surface area contributed by atoms with Crippen LogP contribution in [0.4, 0.5) is 0 Å². The van der Waals surface area contributed by atoms with Gasteiger partial charge < -0.3 is 4.74 Å². The van der Waals surface area contributed by atoms with Crippen LogP contribution in [-0.2, 0) is 10.0 Å². The molecule has 130 valence electrons. The summed E-state index contributed by atoms with van der Waals surface area (Å²) >= 11 is 0. The highest BCUT2D eigenvalue weighted by molar-refractivity contribution is 7.89. The fraction of sp³-hybridized carbons (Fsp3) is 0.222. The Hall–Kier alpha value is -2.51. The lowest BCUT2D eigenvalue weighted by Crippen LogP contribution is -2.25. The highest BCUT2D eigenvalue weighted by Gasteiger charge is 2.28. The van der Waals surface area contributed by atoms with E-state index in [1.165, 1.54) is 43.3 Å². The first-order chi connectivity index (χ1) is 11.8. The van der Waals surface area contributed by atoms with Crippen molar-refractivity contribution in [3.63, 3.8) is 0 Å². The number of hydrogen-bond acceptors (Lipinski definition) is 5. The Morgan fingerprint density at radius 3 is 2.04 bits per heavy atom. The Bertz CT molecular complexity index is 897. The van der Waals surface area contributed by atoms with Crippen molar-refractivity contribution in [2.24, 2.45) is 0 Å². The van der Waals surface area contributed by atoms with E-state index in [-0.39, 0.29) is 22.3 Å². The summed E-state index contributed by atoms with van der Waals surface area (Å²) in [6, 6.07) is 11.8. The van der Waals surface area contributed by atoms with Gasteiger partial charge in [0, 0.05) is 11.6 Å². The first-order valence-corrected chi connectivity index (χ1v) is 9.29. The summed E-state index contributed by atoms with van der Waals surface area (Å²) in [6.45, 7) is 1.45. The van der Waals surface area contributed by atoms with E-state index in [2.05, 4.69) is 4.72 Å². The first-order valence-electron chi connectivity index (χ1n) is 7.81. The predicted molar refractivity (Wildman–Crippen MR) is 91.2 cm³/mol.